The summed E-state index contributed by atoms with van der Waals surface area (Å²) in [6.07, 6.45) is 1.44. The van der Waals surface area contributed by atoms with Crippen LogP contribution in [-0.4, -0.2) is 12.1 Å². The van der Waals surface area contributed by atoms with Crippen molar-refractivity contribution in [3.05, 3.63) is 69.9 Å². The van der Waals surface area contributed by atoms with Crippen molar-refractivity contribution in [2.75, 3.05) is 0 Å². The quantitative estimate of drug-likeness (QED) is 0.567. The van der Waals surface area contributed by atoms with Gasteiger partial charge in [0, 0.05) is 16.0 Å². The normalized spacial score (nSPS) is 11.2. The molecule has 0 saturated heterocycles. The van der Waals surface area contributed by atoms with Gasteiger partial charge in [-0.3, -0.25) is 4.79 Å². The largest absolute Gasteiger partial charge is 0.451 e. The van der Waals surface area contributed by atoms with E-state index in [2.05, 4.69) is 10.5 Å². The molecule has 0 fully saturated rings. The second-order valence-corrected chi connectivity index (χ2v) is 5.36. The van der Waals surface area contributed by atoms with Crippen LogP contribution in [0.3, 0.4) is 0 Å². The molecule has 0 aliphatic heterocycles. The molecule has 0 spiro atoms. The van der Waals surface area contributed by atoms with E-state index < -0.39 is 5.91 Å². The molecule has 0 radical (unpaired) electrons. The van der Waals surface area contributed by atoms with Crippen LogP contribution in [0.2, 0.25) is 10.0 Å². The topological polar surface area (TPSA) is 54.6 Å². The Hall–Kier alpha value is -2.30. The van der Waals surface area contributed by atoms with E-state index in [-0.39, 0.29) is 5.76 Å². The number of para-hydroxylation sites is 1. The van der Waals surface area contributed by atoms with Crippen LogP contribution in [0, 0.1) is 0 Å². The molecule has 0 aliphatic rings. The van der Waals surface area contributed by atoms with E-state index >= 15 is 0 Å². The van der Waals surface area contributed by atoms with Gasteiger partial charge >= 0.3 is 5.91 Å². The first-order chi connectivity index (χ1) is 10.6. The van der Waals surface area contributed by atoms with Gasteiger partial charge in [0.15, 0.2) is 5.76 Å². The lowest BCUT2D eigenvalue weighted by atomic mass is 10.2. The molecule has 0 saturated carbocycles. The number of nitrogens with one attached hydrogen (secondary N) is 1. The Kier molecular flexibility index (Phi) is 4.13. The van der Waals surface area contributed by atoms with Crippen LogP contribution in [0.15, 0.2) is 58.0 Å². The molecule has 2 aromatic carbocycles. The zero-order valence-corrected chi connectivity index (χ0v) is 12.7. The van der Waals surface area contributed by atoms with E-state index in [9.17, 15) is 4.79 Å². The molecular formula is C16H10Cl2N2O2. The van der Waals surface area contributed by atoms with Gasteiger partial charge in [-0.25, -0.2) is 5.43 Å². The molecule has 3 rings (SSSR count). The number of carbonyl (C=O) groups excluding carboxylic acids is 1. The van der Waals surface area contributed by atoms with E-state index in [1.165, 1.54) is 6.21 Å². The molecule has 0 aliphatic carbocycles. The minimum Gasteiger partial charge on any atom is -0.451 e. The molecule has 6 heteroatoms. The highest BCUT2D eigenvalue weighted by Gasteiger charge is 2.10. The lowest BCUT2D eigenvalue weighted by Crippen LogP contribution is -2.16. The van der Waals surface area contributed by atoms with Crippen LogP contribution >= 0.6 is 23.2 Å². The van der Waals surface area contributed by atoms with Gasteiger partial charge in [0.25, 0.3) is 0 Å². The first kappa shape index (κ1) is 14.6. The number of hydrogen-bond donors (Lipinski definition) is 1. The summed E-state index contributed by atoms with van der Waals surface area (Å²) >= 11 is 11.8. The van der Waals surface area contributed by atoms with Gasteiger partial charge in [-0.05, 0) is 24.3 Å². The van der Waals surface area contributed by atoms with E-state index in [1.54, 1.807) is 30.3 Å². The van der Waals surface area contributed by atoms with Crippen LogP contribution < -0.4 is 5.43 Å². The molecule has 22 heavy (non-hydrogen) atoms. The zero-order chi connectivity index (χ0) is 15.5. The van der Waals surface area contributed by atoms with Crippen LogP contribution in [0.4, 0.5) is 0 Å². The van der Waals surface area contributed by atoms with E-state index in [0.717, 1.165) is 5.39 Å². The second kappa shape index (κ2) is 6.22. The summed E-state index contributed by atoms with van der Waals surface area (Å²) in [6.45, 7) is 0. The maximum Gasteiger partial charge on any atom is 0.307 e. The zero-order valence-electron chi connectivity index (χ0n) is 11.2. The first-order valence-corrected chi connectivity index (χ1v) is 7.16. The molecule has 4 nitrogen and oxygen atoms in total. The Morgan fingerprint density at radius 1 is 1.14 bits per heavy atom. The summed E-state index contributed by atoms with van der Waals surface area (Å²) in [4.78, 5) is 12.0. The maximum absolute atomic E-state index is 12.0. The Labute approximate surface area is 136 Å². The smallest absolute Gasteiger partial charge is 0.307 e. The lowest BCUT2D eigenvalue weighted by molar-refractivity contribution is 0.0929. The number of nitrogens with zero attached hydrogens (tertiary/aromatic N) is 1. The Balaban J connectivity index is 1.72. The third kappa shape index (κ3) is 3.13. The highest BCUT2D eigenvalue weighted by molar-refractivity contribution is 6.36. The highest BCUT2D eigenvalue weighted by atomic mass is 35.5. The van der Waals surface area contributed by atoms with Gasteiger partial charge in [-0.1, -0.05) is 47.5 Å². The predicted molar refractivity (Wildman–Crippen MR) is 87.7 cm³/mol. The molecule has 110 valence electrons. The third-order valence-electron chi connectivity index (χ3n) is 2.98. The molecular weight excluding hydrogens is 323 g/mol. The van der Waals surface area contributed by atoms with Crippen LogP contribution in [0.1, 0.15) is 16.1 Å². The number of fused-ring (bicyclic) bond motifs is 1. The van der Waals surface area contributed by atoms with Crippen LogP contribution in [0.25, 0.3) is 11.0 Å². The van der Waals surface area contributed by atoms with Crippen LogP contribution in [0.5, 0.6) is 0 Å². The fourth-order valence-electron chi connectivity index (χ4n) is 1.92. The molecule has 1 N–H and O–H groups in total. The summed E-state index contributed by atoms with van der Waals surface area (Å²) < 4.78 is 5.44. The van der Waals surface area contributed by atoms with Gasteiger partial charge in [-0.2, -0.15) is 5.10 Å². The molecule has 0 unspecified atom stereocenters. The average Bonchev–Trinajstić information content (AvgIpc) is 2.93. The standard InChI is InChI=1S/C16H10Cl2N2O2/c17-12-6-5-11(13(18)8-12)9-19-20-16(21)15-7-10-3-1-2-4-14(10)22-15/h1-9H,(H,20,21)/b19-9+. The van der Waals surface area contributed by atoms with Gasteiger partial charge in [0.05, 0.1) is 11.2 Å². The van der Waals surface area contributed by atoms with E-state index in [0.29, 0.717) is 21.2 Å². The van der Waals surface area contributed by atoms with Crippen LogP contribution in [-0.2, 0) is 0 Å². The Morgan fingerprint density at radius 3 is 2.73 bits per heavy atom. The van der Waals surface area contributed by atoms with Crippen molar-refractivity contribution in [2.45, 2.75) is 0 Å². The molecule has 1 aromatic heterocycles. The maximum atomic E-state index is 12.0. The number of carbonyl (C=O) groups is 1. The number of halogens is 2. The fourth-order valence-corrected chi connectivity index (χ4v) is 2.37. The first-order valence-electron chi connectivity index (χ1n) is 6.40. The van der Waals surface area contributed by atoms with Gasteiger partial charge < -0.3 is 4.42 Å². The molecule has 0 atom stereocenters. The number of hydrazone groups is 1. The summed E-state index contributed by atoms with van der Waals surface area (Å²) in [5.41, 5.74) is 3.69. The average molecular weight is 333 g/mol. The number of rotatable bonds is 3. The predicted octanol–water partition coefficient (Wildman–Crippen LogP) is 4.50. The fraction of sp³-hybridized carbons (Fsp3) is 0. The van der Waals surface area contributed by atoms with Crippen molar-refractivity contribution >= 4 is 46.3 Å². The summed E-state index contributed by atoms with van der Waals surface area (Å²) in [6, 6.07) is 14.0. The molecule has 1 heterocycles. The van der Waals surface area contributed by atoms with Crippen molar-refractivity contribution in [1.29, 1.82) is 0 Å². The van der Waals surface area contributed by atoms with Gasteiger partial charge in [0.2, 0.25) is 0 Å². The second-order valence-electron chi connectivity index (χ2n) is 4.51. The van der Waals surface area contributed by atoms with E-state index in [1.807, 2.05) is 18.2 Å². The third-order valence-corrected chi connectivity index (χ3v) is 3.54. The minimum atomic E-state index is -0.433. The number of amides is 1. The SMILES string of the molecule is O=C(N/N=C/c1ccc(Cl)cc1Cl)c1cc2ccccc2o1. The van der Waals surface area contributed by atoms with Gasteiger partial charge in [0.1, 0.15) is 5.58 Å². The highest BCUT2D eigenvalue weighted by Crippen LogP contribution is 2.20. The monoisotopic (exact) mass is 332 g/mol. The van der Waals surface area contributed by atoms with E-state index in [4.69, 9.17) is 27.6 Å². The molecule has 3 aromatic rings. The van der Waals surface area contributed by atoms with Gasteiger partial charge in [-0.15, -0.1) is 0 Å². The van der Waals surface area contributed by atoms with Crippen molar-refractivity contribution in [2.24, 2.45) is 5.10 Å². The van der Waals surface area contributed by atoms with Crippen molar-refractivity contribution in [3.8, 4) is 0 Å². The molecule has 0 bridgehead atoms. The summed E-state index contributed by atoms with van der Waals surface area (Å²) in [7, 11) is 0. The summed E-state index contributed by atoms with van der Waals surface area (Å²) in [5.74, 6) is -0.238. The van der Waals surface area contributed by atoms with Crippen molar-refractivity contribution in [3.63, 3.8) is 0 Å². The number of hydrogen-bond acceptors (Lipinski definition) is 3. The summed E-state index contributed by atoms with van der Waals surface area (Å²) in [5, 5.41) is 5.71. The Morgan fingerprint density at radius 2 is 1.95 bits per heavy atom. The number of benzene rings is 2. The Bertz CT molecular complexity index is 838. The van der Waals surface area contributed by atoms with Crippen molar-refractivity contribution < 1.29 is 9.21 Å². The van der Waals surface area contributed by atoms with Crippen molar-refractivity contribution in [1.82, 2.24) is 5.43 Å². The number of furan rings is 1. The molecule has 1 amide bonds. The minimum absolute atomic E-state index is 0.195. The lowest BCUT2D eigenvalue weighted by Gasteiger charge is -1.98.